The normalized spacial score (nSPS) is 15.6. The highest BCUT2D eigenvalue weighted by atomic mass is 32.1. The van der Waals surface area contributed by atoms with E-state index < -0.39 is 0 Å². The van der Waals surface area contributed by atoms with Gasteiger partial charge in [-0.3, -0.25) is 0 Å². The lowest BCUT2D eigenvalue weighted by molar-refractivity contribution is 0.528. The van der Waals surface area contributed by atoms with Crippen molar-refractivity contribution in [3.8, 4) is 0 Å². The maximum absolute atomic E-state index is 13.5. The van der Waals surface area contributed by atoms with E-state index in [1.54, 1.807) is 0 Å². The van der Waals surface area contributed by atoms with Crippen LogP contribution >= 0.6 is 12.2 Å². The summed E-state index contributed by atoms with van der Waals surface area (Å²) < 4.78 is 13.5. The molecule has 2 nitrogen and oxygen atoms in total. The molecule has 0 spiro atoms. The SMILES string of the molecule is CC(C)CCN(c1ccc(F)cc1C(N)=S)C1CCCC1. The lowest BCUT2D eigenvalue weighted by Gasteiger charge is -2.33. The van der Waals surface area contributed by atoms with Crippen LogP contribution in [-0.4, -0.2) is 17.6 Å². The van der Waals surface area contributed by atoms with Crippen LogP contribution in [0.3, 0.4) is 0 Å². The van der Waals surface area contributed by atoms with Crippen LogP contribution < -0.4 is 10.6 Å². The van der Waals surface area contributed by atoms with Gasteiger partial charge in [-0.1, -0.05) is 38.9 Å². The summed E-state index contributed by atoms with van der Waals surface area (Å²) in [6.07, 6.45) is 6.06. The fourth-order valence-corrected chi connectivity index (χ4v) is 3.23. The Kier molecular flexibility index (Phi) is 5.57. The van der Waals surface area contributed by atoms with Gasteiger partial charge in [0.15, 0.2) is 0 Å². The second-order valence-corrected chi connectivity index (χ2v) is 6.78. The van der Waals surface area contributed by atoms with Crippen molar-refractivity contribution in [2.24, 2.45) is 11.7 Å². The predicted octanol–water partition coefficient (Wildman–Crippen LogP) is 4.26. The predicted molar refractivity (Wildman–Crippen MR) is 91.3 cm³/mol. The third-order valence-corrected chi connectivity index (χ3v) is 4.47. The first-order chi connectivity index (χ1) is 9.99. The molecule has 0 radical (unpaired) electrons. The Hall–Kier alpha value is -1.16. The van der Waals surface area contributed by atoms with E-state index in [9.17, 15) is 4.39 Å². The molecular formula is C17H25FN2S. The molecule has 1 fully saturated rings. The molecule has 1 aliphatic carbocycles. The largest absolute Gasteiger partial charge is 0.389 e. The molecule has 1 aliphatic rings. The van der Waals surface area contributed by atoms with Crippen LogP contribution in [0.5, 0.6) is 0 Å². The first-order valence-corrected chi connectivity index (χ1v) is 8.26. The smallest absolute Gasteiger partial charge is 0.124 e. The Bertz CT molecular complexity index is 496. The van der Waals surface area contributed by atoms with Crippen molar-refractivity contribution in [1.29, 1.82) is 0 Å². The Labute approximate surface area is 132 Å². The van der Waals surface area contributed by atoms with Crippen LogP contribution in [0.25, 0.3) is 0 Å². The lowest BCUT2D eigenvalue weighted by Crippen LogP contribution is -2.36. The van der Waals surface area contributed by atoms with E-state index in [1.807, 2.05) is 6.07 Å². The molecule has 0 unspecified atom stereocenters. The van der Waals surface area contributed by atoms with Crippen molar-refractivity contribution in [3.63, 3.8) is 0 Å². The van der Waals surface area contributed by atoms with Crippen molar-refractivity contribution in [1.82, 2.24) is 0 Å². The van der Waals surface area contributed by atoms with Gasteiger partial charge in [-0.15, -0.1) is 0 Å². The van der Waals surface area contributed by atoms with Crippen molar-refractivity contribution < 1.29 is 4.39 Å². The highest BCUT2D eigenvalue weighted by Crippen LogP contribution is 2.31. The molecule has 4 heteroatoms. The summed E-state index contributed by atoms with van der Waals surface area (Å²) in [6, 6.07) is 5.34. The monoisotopic (exact) mass is 308 g/mol. The minimum Gasteiger partial charge on any atom is -0.389 e. The third-order valence-electron chi connectivity index (χ3n) is 4.25. The Balaban J connectivity index is 2.32. The molecule has 21 heavy (non-hydrogen) atoms. The Morgan fingerprint density at radius 1 is 1.38 bits per heavy atom. The molecule has 0 bridgehead atoms. The fourth-order valence-electron chi connectivity index (χ4n) is 3.07. The molecule has 0 atom stereocenters. The third kappa shape index (κ3) is 4.16. The van der Waals surface area contributed by atoms with Gasteiger partial charge in [0.05, 0.1) is 0 Å². The number of nitrogens with two attached hydrogens (primary N) is 1. The number of hydrogen-bond acceptors (Lipinski definition) is 2. The van der Waals surface area contributed by atoms with Gasteiger partial charge in [-0.25, -0.2) is 4.39 Å². The summed E-state index contributed by atoms with van der Waals surface area (Å²) in [6.45, 7) is 5.43. The van der Waals surface area contributed by atoms with E-state index in [0.29, 0.717) is 17.5 Å². The standard InChI is InChI=1S/C17H25FN2S/c1-12(2)9-10-20(14-5-3-4-6-14)16-8-7-13(18)11-15(16)17(19)21/h7-8,11-12,14H,3-6,9-10H2,1-2H3,(H2,19,21). The molecule has 0 aliphatic heterocycles. The van der Waals surface area contributed by atoms with Gasteiger partial charge in [0.2, 0.25) is 0 Å². The minimum atomic E-state index is -0.281. The van der Waals surface area contributed by atoms with Gasteiger partial charge in [-0.2, -0.15) is 0 Å². The van der Waals surface area contributed by atoms with Crippen molar-refractivity contribution in [3.05, 3.63) is 29.6 Å². The molecule has 1 aromatic rings. The molecular weight excluding hydrogens is 283 g/mol. The molecule has 0 aromatic heterocycles. The Morgan fingerprint density at radius 2 is 2.05 bits per heavy atom. The number of nitrogens with zero attached hydrogens (tertiary/aromatic N) is 1. The fraction of sp³-hybridized carbons (Fsp3) is 0.588. The molecule has 1 saturated carbocycles. The summed E-state index contributed by atoms with van der Waals surface area (Å²) in [5.41, 5.74) is 7.48. The number of anilines is 1. The van der Waals surface area contributed by atoms with Crippen LogP contribution in [0.4, 0.5) is 10.1 Å². The number of rotatable bonds is 6. The number of thiocarbonyl (C=S) groups is 1. The highest BCUT2D eigenvalue weighted by molar-refractivity contribution is 7.80. The zero-order valence-corrected chi connectivity index (χ0v) is 13.8. The minimum absolute atomic E-state index is 0.275. The zero-order chi connectivity index (χ0) is 15.4. The van der Waals surface area contributed by atoms with E-state index in [4.69, 9.17) is 18.0 Å². The summed E-state index contributed by atoms with van der Waals surface area (Å²) in [5, 5.41) is 0. The molecule has 116 valence electrons. The Morgan fingerprint density at radius 3 is 2.62 bits per heavy atom. The lowest BCUT2D eigenvalue weighted by atomic mass is 10.1. The maximum atomic E-state index is 13.5. The molecule has 0 saturated heterocycles. The second kappa shape index (κ2) is 7.21. The van der Waals surface area contributed by atoms with Crippen LogP contribution in [-0.2, 0) is 0 Å². The highest BCUT2D eigenvalue weighted by Gasteiger charge is 2.25. The van der Waals surface area contributed by atoms with Gasteiger partial charge < -0.3 is 10.6 Å². The van der Waals surface area contributed by atoms with Gasteiger partial charge in [0, 0.05) is 23.8 Å². The quantitative estimate of drug-likeness (QED) is 0.796. The molecule has 1 aromatic carbocycles. The van der Waals surface area contributed by atoms with Crippen LogP contribution in [0.1, 0.15) is 51.5 Å². The molecule has 0 amide bonds. The van der Waals surface area contributed by atoms with E-state index in [1.165, 1.54) is 37.8 Å². The van der Waals surface area contributed by atoms with E-state index >= 15 is 0 Å². The summed E-state index contributed by atoms with van der Waals surface area (Å²) in [7, 11) is 0. The summed E-state index contributed by atoms with van der Waals surface area (Å²) in [4.78, 5) is 2.68. The molecule has 2 rings (SSSR count). The maximum Gasteiger partial charge on any atom is 0.124 e. The summed E-state index contributed by atoms with van der Waals surface area (Å²) >= 11 is 5.12. The van der Waals surface area contributed by atoms with Gasteiger partial charge in [-0.05, 0) is 43.4 Å². The van der Waals surface area contributed by atoms with E-state index in [2.05, 4.69) is 18.7 Å². The average Bonchev–Trinajstić information content (AvgIpc) is 2.93. The number of hydrogen-bond donors (Lipinski definition) is 1. The van der Waals surface area contributed by atoms with Gasteiger partial charge in [0.25, 0.3) is 0 Å². The topological polar surface area (TPSA) is 29.3 Å². The average molecular weight is 308 g/mol. The van der Waals surface area contributed by atoms with Gasteiger partial charge in [0.1, 0.15) is 10.8 Å². The van der Waals surface area contributed by atoms with Crippen LogP contribution in [0, 0.1) is 11.7 Å². The first kappa shape index (κ1) is 16.2. The van der Waals surface area contributed by atoms with E-state index in [0.717, 1.165) is 18.7 Å². The number of halogens is 1. The number of benzene rings is 1. The van der Waals surface area contributed by atoms with Crippen molar-refractivity contribution in [2.45, 2.75) is 52.0 Å². The molecule has 2 N–H and O–H groups in total. The van der Waals surface area contributed by atoms with Gasteiger partial charge >= 0.3 is 0 Å². The van der Waals surface area contributed by atoms with Crippen molar-refractivity contribution in [2.75, 3.05) is 11.4 Å². The van der Waals surface area contributed by atoms with Crippen LogP contribution in [0.15, 0.2) is 18.2 Å². The zero-order valence-electron chi connectivity index (χ0n) is 12.9. The second-order valence-electron chi connectivity index (χ2n) is 6.34. The summed E-state index contributed by atoms with van der Waals surface area (Å²) in [5.74, 6) is 0.361. The molecule has 0 heterocycles. The first-order valence-electron chi connectivity index (χ1n) is 7.85. The van der Waals surface area contributed by atoms with Crippen molar-refractivity contribution >= 4 is 22.9 Å². The van der Waals surface area contributed by atoms with Crippen LogP contribution in [0.2, 0.25) is 0 Å². The van der Waals surface area contributed by atoms with E-state index in [-0.39, 0.29) is 10.8 Å².